The standard InChI is InChI=1S/C32H12BF24.C18H24N/c34-25(35,36)13-1-14(26(37,38)39)6-21(5-13)33(22-7-15(27(40,41)42)2-16(8-22)28(43,44)45,23-9-17(29(46,47)48)3-18(10-23)30(49,50)51)24-11-19(31(52,53)54)4-20(12-24)32(55,56)57;1-2-3-4-6-9-17-12-14-19(15-13-17)16-18-10-7-5-8-11-18/h1-12H;5,7-8,10-15H,2-4,6,9,16H2,1H3/q-1;+1. The van der Waals surface area contributed by atoms with E-state index in [0.717, 1.165) is 6.54 Å². The van der Waals surface area contributed by atoms with Gasteiger partial charge in [-0.25, -0.2) is 4.57 Å². The Kier molecular flexibility index (Phi) is 17.5. The number of unbranched alkanes of at least 4 members (excludes halogenated alkanes) is 3. The average molecular weight is 1120 g/mol. The quantitative estimate of drug-likeness (QED) is 0.0527. The van der Waals surface area contributed by atoms with Crippen LogP contribution in [0.4, 0.5) is 105 Å². The van der Waals surface area contributed by atoms with Gasteiger partial charge in [-0.05, 0) is 42.7 Å². The summed E-state index contributed by atoms with van der Waals surface area (Å²) >= 11 is 0. The summed E-state index contributed by atoms with van der Waals surface area (Å²) in [6, 6.07) is 6.31. The molecule has 0 amide bonds. The number of hydrogen-bond acceptors (Lipinski definition) is 0. The lowest BCUT2D eigenvalue weighted by atomic mass is 9.12. The number of hydrogen-bond donors (Lipinski definition) is 0. The van der Waals surface area contributed by atoms with E-state index in [1.54, 1.807) is 0 Å². The van der Waals surface area contributed by atoms with Crippen LogP contribution >= 0.6 is 0 Å². The molecule has 1 nitrogen and oxygen atoms in total. The molecule has 0 fully saturated rings. The van der Waals surface area contributed by atoms with Gasteiger partial charge in [0.05, 0.1) is 44.5 Å². The van der Waals surface area contributed by atoms with Gasteiger partial charge in [0.1, 0.15) is 6.15 Å². The Morgan fingerprint density at radius 3 is 0.816 bits per heavy atom. The molecule has 0 atom stereocenters. The predicted molar refractivity (Wildman–Crippen MR) is 230 cm³/mol. The Labute approximate surface area is 415 Å². The Morgan fingerprint density at radius 2 is 0.579 bits per heavy atom. The van der Waals surface area contributed by atoms with Gasteiger partial charge in [-0.2, -0.15) is 127 Å². The Bertz CT molecular complexity index is 2480. The number of aromatic nitrogens is 1. The lowest BCUT2D eigenvalue weighted by molar-refractivity contribution is -0.688. The van der Waals surface area contributed by atoms with Gasteiger partial charge < -0.3 is 0 Å². The van der Waals surface area contributed by atoms with Gasteiger partial charge in [-0.1, -0.05) is 105 Å². The van der Waals surface area contributed by atoms with Crippen molar-refractivity contribution in [2.45, 2.75) is 95.0 Å². The number of benzene rings is 5. The molecule has 5 aromatic carbocycles. The molecular weight excluding hydrogens is 1080 g/mol. The minimum absolute atomic E-state index is 0.691. The van der Waals surface area contributed by atoms with E-state index < -0.39 is 195 Å². The van der Waals surface area contributed by atoms with Gasteiger partial charge in [0.2, 0.25) is 0 Å². The summed E-state index contributed by atoms with van der Waals surface area (Å²) < 4.78 is 343. The summed E-state index contributed by atoms with van der Waals surface area (Å²) in [6.45, 7) is 3.21. The summed E-state index contributed by atoms with van der Waals surface area (Å²) in [6.07, 6.45) is -43.9. The second kappa shape index (κ2) is 21.9. The van der Waals surface area contributed by atoms with Crippen molar-refractivity contribution in [3.63, 3.8) is 0 Å². The topological polar surface area (TPSA) is 3.88 Å². The van der Waals surface area contributed by atoms with E-state index in [-0.39, 0.29) is 0 Å². The first kappa shape index (κ1) is 60.5. The summed E-state index contributed by atoms with van der Waals surface area (Å²) in [5, 5.41) is 0. The summed E-state index contributed by atoms with van der Waals surface area (Å²) in [4.78, 5) is 0. The van der Waals surface area contributed by atoms with Crippen LogP contribution in [0, 0.1) is 0 Å². The van der Waals surface area contributed by atoms with Crippen molar-refractivity contribution in [2.24, 2.45) is 0 Å². The molecular formula is C50H36BF24N. The van der Waals surface area contributed by atoms with Gasteiger partial charge in [-0.3, -0.25) is 0 Å². The largest absolute Gasteiger partial charge is 0.416 e. The van der Waals surface area contributed by atoms with Crippen LogP contribution in [-0.2, 0) is 62.4 Å². The van der Waals surface area contributed by atoms with Crippen molar-refractivity contribution in [3.8, 4) is 0 Å². The number of aryl methyl sites for hydroxylation is 1. The number of rotatable bonds is 11. The molecule has 76 heavy (non-hydrogen) atoms. The highest BCUT2D eigenvalue weighted by molar-refractivity contribution is 7.20. The molecule has 0 radical (unpaired) electrons. The Hall–Kier alpha value is -6.37. The minimum atomic E-state index is -6.13. The van der Waals surface area contributed by atoms with Crippen LogP contribution in [0.25, 0.3) is 0 Å². The summed E-state index contributed by atoms with van der Waals surface area (Å²) in [7, 11) is 0. The SMILES string of the molecule is CCCCCCc1cc[n+](Cc2ccccc2)cc1.FC(F)(F)c1cc([B-](c2cc(C(F)(F)F)cc(C(F)(F)F)c2)(c2cc(C(F)(F)F)cc(C(F)(F)F)c2)c2cc(C(F)(F)F)cc(C(F)(F)F)c2)cc(C(F)(F)F)c1. The maximum atomic E-state index is 14.2. The fraction of sp³-hybridized carbons (Fsp3) is 0.300. The maximum absolute atomic E-state index is 14.2. The Balaban J connectivity index is 0.000000468. The van der Waals surface area contributed by atoms with Crippen molar-refractivity contribution in [1.82, 2.24) is 0 Å². The zero-order chi connectivity index (χ0) is 57.3. The molecule has 412 valence electrons. The molecule has 0 aliphatic heterocycles. The fourth-order valence-corrected chi connectivity index (χ4v) is 8.38. The predicted octanol–water partition coefficient (Wildman–Crippen LogP) is 15.4. The van der Waals surface area contributed by atoms with Crippen molar-refractivity contribution in [2.75, 3.05) is 0 Å². The first-order valence-corrected chi connectivity index (χ1v) is 22.0. The van der Waals surface area contributed by atoms with E-state index in [4.69, 9.17) is 0 Å². The third-order valence-corrected chi connectivity index (χ3v) is 11.9. The third kappa shape index (κ3) is 15.0. The number of alkyl halides is 24. The highest BCUT2D eigenvalue weighted by Gasteiger charge is 2.47. The molecule has 0 aliphatic carbocycles. The van der Waals surface area contributed by atoms with Crippen LogP contribution in [0.5, 0.6) is 0 Å². The molecule has 0 saturated heterocycles. The first-order chi connectivity index (χ1) is 34.6. The highest BCUT2D eigenvalue weighted by atomic mass is 19.4. The van der Waals surface area contributed by atoms with Crippen LogP contribution in [0.2, 0.25) is 0 Å². The second-order valence-electron chi connectivity index (χ2n) is 17.4. The van der Waals surface area contributed by atoms with Crippen LogP contribution in [0.1, 0.15) is 88.2 Å². The normalized spacial score (nSPS) is 13.4. The van der Waals surface area contributed by atoms with Crippen molar-refractivity contribution >= 4 is 28.0 Å². The van der Waals surface area contributed by atoms with E-state index in [9.17, 15) is 105 Å². The summed E-state index contributed by atoms with van der Waals surface area (Å²) in [5.41, 5.74) is -27.4. The highest BCUT2D eigenvalue weighted by Crippen LogP contribution is 2.41. The van der Waals surface area contributed by atoms with Crippen LogP contribution in [0.3, 0.4) is 0 Å². The molecule has 1 heterocycles. The van der Waals surface area contributed by atoms with Gasteiger partial charge >= 0.3 is 49.4 Å². The zero-order valence-electron chi connectivity index (χ0n) is 38.5. The molecule has 0 aliphatic rings. The van der Waals surface area contributed by atoms with E-state index in [1.165, 1.54) is 43.2 Å². The van der Waals surface area contributed by atoms with Crippen molar-refractivity contribution in [3.05, 3.63) is 183 Å². The van der Waals surface area contributed by atoms with Crippen molar-refractivity contribution in [1.29, 1.82) is 0 Å². The third-order valence-electron chi connectivity index (χ3n) is 11.9. The molecule has 1 aromatic heterocycles. The van der Waals surface area contributed by atoms with Crippen LogP contribution in [-0.4, -0.2) is 6.15 Å². The lowest BCUT2D eigenvalue weighted by Crippen LogP contribution is -2.75. The molecule has 6 aromatic rings. The number of pyridine rings is 1. The van der Waals surface area contributed by atoms with E-state index in [1.807, 2.05) is 0 Å². The van der Waals surface area contributed by atoms with Gasteiger partial charge in [-0.15, -0.1) is 0 Å². The minimum Gasteiger partial charge on any atom is -0.201 e. The van der Waals surface area contributed by atoms with E-state index in [0.29, 0.717) is 0 Å². The monoisotopic (exact) mass is 1120 g/mol. The summed E-state index contributed by atoms with van der Waals surface area (Å²) in [5.74, 6) is 0. The smallest absolute Gasteiger partial charge is 0.201 e. The molecule has 0 spiro atoms. The molecule has 26 heteroatoms. The average Bonchev–Trinajstić information content (AvgIpc) is 3.29. The molecule has 0 unspecified atom stereocenters. The second-order valence-corrected chi connectivity index (χ2v) is 17.4. The van der Waals surface area contributed by atoms with Crippen LogP contribution in [0.15, 0.2) is 128 Å². The van der Waals surface area contributed by atoms with E-state index in [2.05, 4.69) is 66.3 Å². The molecule has 6 rings (SSSR count). The number of halogens is 24. The molecule has 0 bridgehead atoms. The number of nitrogens with zero attached hydrogens (tertiary/aromatic N) is 1. The van der Waals surface area contributed by atoms with E-state index >= 15 is 0 Å². The lowest BCUT2D eigenvalue weighted by Gasteiger charge is -2.46. The van der Waals surface area contributed by atoms with Gasteiger partial charge in [0, 0.05) is 17.7 Å². The first-order valence-electron chi connectivity index (χ1n) is 22.0. The molecule has 0 N–H and O–H groups in total. The van der Waals surface area contributed by atoms with Crippen molar-refractivity contribution < 1.29 is 110 Å². The van der Waals surface area contributed by atoms with Gasteiger partial charge in [0.15, 0.2) is 18.9 Å². The van der Waals surface area contributed by atoms with Gasteiger partial charge in [0.25, 0.3) is 0 Å². The molecule has 0 saturated carbocycles. The maximum Gasteiger partial charge on any atom is 0.416 e. The van der Waals surface area contributed by atoms with Crippen LogP contribution < -0.4 is 26.4 Å². The fourth-order valence-electron chi connectivity index (χ4n) is 8.38. The zero-order valence-corrected chi connectivity index (χ0v) is 38.5. The Morgan fingerprint density at radius 1 is 0.316 bits per heavy atom.